The molecule has 1 fully saturated rings. The van der Waals surface area contributed by atoms with Crippen molar-refractivity contribution in [2.75, 3.05) is 32.1 Å². The Labute approximate surface area is 129 Å². The van der Waals surface area contributed by atoms with Gasteiger partial charge in [0.15, 0.2) is 0 Å². The summed E-state index contributed by atoms with van der Waals surface area (Å²) < 4.78 is 18.2. The molecule has 1 atom stereocenters. The van der Waals surface area contributed by atoms with Gasteiger partial charge in [0.25, 0.3) is 5.95 Å². The first-order valence-corrected chi connectivity index (χ1v) is 7.57. The van der Waals surface area contributed by atoms with Crippen molar-refractivity contribution in [3.05, 3.63) is 41.5 Å². The van der Waals surface area contributed by atoms with E-state index in [0.717, 1.165) is 25.9 Å². The van der Waals surface area contributed by atoms with Crippen LogP contribution in [-0.4, -0.2) is 42.2 Å². The van der Waals surface area contributed by atoms with E-state index >= 15 is 0 Å². The highest BCUT2D eigenvalue weighted by molar-refractivity contribution is 5.23. The van der Waals surface area contributed by atoms with Crippen LogP contribution in [0.2, 0.25) is 0 Å². The van der Waals surface area contributed by atoms with Gasteiger partial charge in [-0.05, 0) is 48.2 Å². The Morgan fingerprint density at radius 2 is 2.09 bits per heavy atom. The second-order valence-corrected chi connectivity index (χ2v) is 6.10. The zero-order valence-electron chi connectivity index (χ0n) is 13.0. The number of aromatic nitrogens is 2. The van der Waals surface area contributed by atoms with Gasteiger partial charge in [-0.2, -0.15) is 4.98 Å². The lowest BCUT2D eigenvalue weighted by Crippen LogP contribution is -2.21. The number of halogens is 1. The van der Waals surface area contributed by atoms with Gasteiger partial charge in [-0.25, -0.2) is 4.39 Å². The quantitative estimate of drug-likeness (QED) is 0.848. The molecule has 5 nitrogen and oxygen atoms in total. The third kappa shape index (κ3) is 3.62. The number of rotatable bonds is 5. The highest BCUT2D eigenvalue weighted by Crippen LogP contribution is 2.22. The Morgan fingerprint density at radius 3 is 2.77 bits per heavy atom. The average molecular weight is 304 g/mol. The molecular formula is C16H21FN4O. The molecule has 1 saturated heterocycles. The van der Waals surface area contributed by atoms with E-state index in [1.807, 2.05) is 31.1 Å². The summed E-state index contributed by atoms with van der Waals surface area (Å²) in [5, 5.41) is 3.93. The van der Waals surface area contributed by atoms with Crippen molar-refractivity contribution in [3.8, 4) is 0 Å². The van der Waals surface area contributed by atoms with Crippen LogP contribution in [0.1, 0.15) is 17.9 Å². The van der Waals surface area contributed by atoms with Crippen molar-refractivity contribution < 1.29 is 8.91 Å². The number of benzene rings is 1. The minimum Gasteiger partial charge on any atom is -0.344 e. The molecule has 3 rings (SSSR count). The standard InChI is InChI=1S/C16H21FN4O/c1-20(2)16-18-15(22-19-16)11-21-8-7-13(10-21)9-12-3-5-14(17)6-4-12/h3-6,13H,7-11H2,1-2H3/t13-/m0/s1. The molecule has 0 unspecified atom stereocenters. The summed E-state index contributed by atoms with van der Waals surface area (Å²) in [6.45, 7) is 2.74. The van der Waals surface area contributed by atoms with Crippen LogP contribution in [0.25, 0.3) is 0 Å². The molecule has 22 heavy (non-hydrogen) atoms. The van der Waals surface area contributed by atoms with Crippen molar-refractivity contribution in [1.29, 1.82) is 0 Å². The summed E-state index contributed by atoms with van der Waals surface area (Å²) in [5.41, 5.74) is 1.20. The molecule has 0 radical (unpaired) electrons. The number of hydrogen-bond acceptors (Lipinski definition) is 5. The molecule has 1 aromatic carbocycles. The Balaban J connectivity index is 1.52. The Morgan fingerprint density at radius 1 is 1.32 bits per heavy atom. The van der Waals surface area contributed by atoms with E-state index in [9.17, 15) is 4.39 Å². The Kier molecular flexibility index (Phi) is 4.38. The van der Waals surface area contributed by atoms with Crippen LogP contribution >= 0.6 is 0 Å². The van der Waals surface area contributed by atoms with Gasteiger partial charge in [0, 0.05) is 20.6 Å². The van der Waals surface area contributed by atoms with E-state index < -0.39 is 0 Å². The first-order valence-electron chi connectivity index (χ1n) is 7.57. The topological polar surface area (TPSA) is 45.4 Å². The van der Waals surface area contributed by atoms with Crippen molar-refractivity contribution in [3.63, 3.8) is 0 Å². The third-order valence-electron chi connectivity index (χ3n) is 4.02. The minimum atomic E-state index is -0.176. The van der Waals surface area contributed by atoms with Crippen molar-refractivity contribution >= 4 is 5.95 Å². The smallest absolute Gasteiger partial charge is 0.265 e. The highest BCUT2D eigenvalue weighted by atomic mass is 19.1. The molecule has 118 valence electrons. The number of likely N-dealkylation sites (tertiary alicyclic amines) is 1. The minimum absolute atomic E-state index is 0.176. The molecule has 1 aromatic heterocycles. The zero-order valence-corrected chi connectivity index (χ0v) is 13.0. The van der Waals surface area contributed by atoms with E-state index in [-0.39, 0.29) is 5.82 Å². The SMILES string of the molecule is CN(C)c1noc(CN2CC[C@@H](Cc3ccc(F)cc3)C2)n1. The molecule has 6 heteroatoms. The predicted molar refractivity (Wildman–Crippen MR) is 82.1 cm³/mol. The monoisotopic (exact) mass is 304 g/mol. The van der Waals surface area contributed by atoms with Gasteiger partial charge in [-0.15, -0.1) is 0 Å². The maximum Gasteiger partial charge on any atom is 0.265 e. The molecule has 0 aliphatic carbocycles. The second kappa shape index (κ2) is 6.44. The van der Waals surface area contributed by atoms with Gasteiger partial charge in [-0.3, -0.25) is 4.90 Å². The summed E-state index contributed by atoms with van der Waals surface area (Å²) >= 11 is 0. The maximum absolute atomic E-state index is 12.9. The van der Waals surface area contributed by atoms with Gasteiger partial charge in [0.1, 0.15) is 5.82 Å². The molecule has 1 aliphatic heterocycles. The van der Waals surface area contributed by atoms with Crippen LogP contribution in [0.15, 0.2) is 28.8 Å². The van der Waals surface area contributed by atoms with E-state index in [2.05, 4.69) is 15.0 Å². The van der Waals surface area contributed by atoms with Crippen LogP contribution in [0, 0.1) is 11.7 Å². The Bertz CT molecular complexity index is 611. The number of nitrogens with zero attached hydrogens (tertiary/aromatic N) is 4. The van der Waals surface area contributed by atoms with Gasteiger partial charge < -0.3 is 9.42 Å². The van der Waals surface area contributed by atoms with Gasteiger partial charge >= 0.3 is 0 Å². The van der Waals surface area contributed by atoms with Crippen molar-refractivity contribution in [1.82, 2.24) is 15.0 Å². The maximum atomic E-state index is 12.9. The molecule has 0 N–H and O–H groups in total. The molecule has 2 heterocycles. The molecule has 1 aliphatic rings. The van der Waals surface area contributed by atoms with E-state index in [1.54, 1.807) is 0 Å². The highest BCUT2D eigenvalue weighted by Gasteiger charge is 2.24. The van der Waals surface area contributed by atoms with Crippen LogP contribution in [-0.2, 0) is 13.0 Å². The summed E-state index contributed by atoms with van der Waals surface area (Å²) in [5.74, 6) is 1.69. The molecule has 0 spiro atoms. The average Bonchev–Trinajstić information content (AvgIpc) is 3.12. The van der Waals surface area contributed by atoms with Gasteiger partial charge in [-0.1, -0.05) is 12.1 Å². The lowest BCUT2D eigenvalue weighted by atomic mass is 9.99. The van der Waals surface area contributed by atoms with E-state index in [4.69, 9.17) is 4.52 Å². The predicted octanol–water partition coefficient (Wildman–Crippen LogP) is 2.34. The Hall–Kier alpha value is -1.95. The van der Waals surface area contributed by atoms with Gasteiger partial charge in [0.05, 0.1) is 6.54 Å². The number of anilines is 1. The van der Waals surface area contributed by atoms with Crippen LogP contribution in [0.3, 0.4) is 0 Å². The third-order valence-corrected chi connectivity index (χ3v) is 4.02. The summed E-state index contributed by atoms with van der Waals surface area (Å²) in [4.78, 5) is 8.52. The fourth-order valence-electron chi connectivity index (χ4n) is 2.86. The molecule has 0 amide bonds. The number of hydrogen-bond donors (Lipinski definition) is 0. The second-order valence-electron chi connectivity index (χ2n) is 6.10. The summed E-state index contributed by atoms with van der Waals surface area (Å²) in [7, 11) is 3.78. The fourth-order valence-corrected chi connectivity index (χ4v) is 2.86. The summed E-state index contributed by atoms with van der Waals surface area (Å²) in [6, 6.07) is 6.81. The lowest BCUT2D eigenvalue weighted by molar-refractivity contribution is 0.260. The van der Waals surface area contributed by atoms with Crippen LogP contribution in [0.5, 0.6) is 0 Å². The normalized spacial score (nSPS) is 18.8. The van der Waals surface area contributed by atoms with E-state index in [0.29, 0.717) is 24.3 Å². The first kappa shape index (κ1) is 15.0. The van der Waals surface area contributed by atoms with Gasteiger partial charge in [0.2, 0.25) is 5.89 Å². The first-order chi connectivity index (χ1) is 10.6. The summed E-state index contributed by atoms with van der Waals surface area (Å²) in [6.07, 6.45) is 2.13. The molecule has 2 aromatic rings. The lowest BCUT2D eigenvalue weighted by Gasteiger charge is -2.13. The van der Waals surface area contributed by atoms with Crippen LogP contribution in [0.4, 0.5) is 10.3 Å². The molecule has 0 saturated carbocycles. The van der Waals surface area contributed by atoms with Crippen LogP contribution < -0.4 is 4.90 Å². The molecular weight excluding hydrogens is 283 g/mol. The molecule has 0 bridgehead atoms. The van der Waals surface area contributed by atoms with E-state index in [1.165, 1.54) is 17.7 Å². The van der Waals surface area contributed by atoms with Crippen molar-refractivity contribution in [2.24, 2.45) is 5.92 Å². The largest absolute Gasteiger partial charge is 0.344 e. The fraction of sp³-hybridized carbons (Fsp3) is 0.500. The van der Waals surface area contributed by atoms with Crippen molar-refractivity contribution in [2.45, 2.75) is 19.4 Å². The zero-order chi connectivity index (χ0) is 15.5.